The first-order chi connectivity index (χ1) is 10.6. The summed E-state index contributed by atoms with van der Waals surface area (Å²) in [6.45, 7) is 0.995. The molecule has 0 saturated carbocycles. The number of hydrogen-bond donors (Lipinski definition) is 3. The average Bonchev–Trinajstić information content (AvgIpc) is 3.14. The number of furan rings is 1. The SMILES string of the molecule is O=C(O)CCCNC(=O)N1CCCC1CC(O)c1ccco1. The highest BCUT2D eigenvalue weighted by atomic mass is 16.4. The predicted molar refractivity (Wildman–Crippen MR) is 78.3 cm³/mol. The largest absolute Gasteiger partial charge is 0.481 e. The van der Waals surface area contributed by atoms with Gasteiger partial charge in [-0.3, -0.25) is 4.79 Å². The molecule has 7 nitrogen and oxygen atoms in total. The van der Waals surface area contributed by atoms with Crippen molar-refractivity contribution in [3.8, 4) is 0 Å². The van der Waals surface area contributed by atoms with E-state index in [2.05, 4.69) is 5.32 Å². The van der Waals surface area contributed by atoms with E-state index in [0.717, 1.165) is 12.8 Å². The van der Waals surface area contributed by atoms with Crippen molar-refractivity contribution in [2.45, 2.75) is 44.2 Å². The zero-order valence-corrected chi connectivity index (χ0v) is 12.4. The van der Waals surface area contributed by atoms with Crippen LogP contribution in [0.5, 0.6) is 0 Å². The number of carbonyl (C=O) groups is 2. The molecule has 0 radical (unpaired) electrons. The van der Waals surface area contributed by atoms with Gasteiger partial charge in [-0.15, -0.1) is 0 Å². The molecule has 0 aliphatic carbocycles. The highest BCUT2D eigenvalue weighted by molar-refractivity contribution is 5.75. The number of aliphatic carboxylic acids is 1. The zero-order chi connectivity index (χ0) is 15.9. The molecule has 22 heavy (non-hydrogen) atoms. The summed E-state index contributed by atoms with van der Waals surface area (Å²) in [7, 11) is 0. The second-order valence-corrected chi connectivity index (χ2v) is 5.49. The summed E-state index contributed by atoms with van der Waals surface area (Å²) < 4.78 is 5.18. The fraction of sp³-hybridized carbons (Fsp3) is 0.600. The Morgan fingerprint density at radius 3 is 3.00 bits per heavy atom. The number of nitrogens with one attached hydrogen (secondary N) is 1. The molecule has 1 fully saturated rings. The normalized spacial score (nSPS) is 19.1. The third-order valence-corrected chi connectivity index (χ3v) is 3.85. The molecule has 0 spiro atoms. The Hall–Kier alpha value is -2.02. The summed E-state index contributed by atoms with van der Waals surface area (Å²) in [5.41, 5.74) is 0. The molecule has 1 saturated heterocycles. The van der Waals surface area contributed by atoms with E-state index in [0.29, 0.717) is 31.7 Å². The van der Waals surface area contributed by atoms with Gasteiger partial charge in [0.15, 0.2) is 0 Å². The van der Waals surface area contributed by atoms with Crippen molar-refractivity contribution in [2.75, 3.05) is 13.1 Å². The van der Waals surface area contributed by atoms with E-state index in [-0.39, 0.29) is 18.5 Å². The second-order valence-electron chi connectivity index (χ2n) is 5.49. The molecule has 1 aliphatic rings. The molecule has 7 heteroatoms. The van der Waals surface area contributed by atoms with Gasteiger partial charge in [0, 0.05) is 32.0 Å². The van der Waals surface area contributed by atoms with E-state index in [1.807, 2.05) is 0 Å². The summed E-state index contributed by atoms with van der Waals surface area (Å²) in [6.07, 6.45) is 3.44. The van der Waals surface area contributed by atoms with Crippen molar-refractivity contribution in [1.29, 1.82) is 0 Å². The minimum absolute atomic E-state index is 0.0282. The Bertz CT molecular complexity index is 488. The van der Waals surface area contributed by atoms with Crippen LogP contribution in [0.3, 0.4) is 0 Å². The van der Waals surface area contributed by atoms with E-state index >= 15 is 0 Å². The Balaban J connectivity index is 1.79. The molecule has 2 rings (SSSR count). The first-order valence-corrected chi connectivity index (χ1v) is 7.55. The topological polar surface area (TPSA) is 103 Å². The maximum absolute atomic E-state index is 12.1. The lowest BCUT2D eigenvalue weighted by molar-refractivity contribution is -0.137. The third kappa shape index (κ3) is 4.49. The smallest absolute Gasteiger partial charge is 0.317 e. The van der Waals surface area contributed by atoms with Gasteiger partial charge in [-0.05, 0) is 31.4 Å². The maximum atomic E-state index is 12.1. The number of aliphatic hydroxyl groups is 1. The third-order valence-electron chi connectivity index (χ3n) is 3.85. The Morgan fingerprint density at radius 2 is 2.32 bits per heavy atom. The lowest BCUT2D eigenvalue weighted by Gasteiger charge is -2.26. The van der Waals surface area contributed by atoms with Crippen LogP contribution in [-0.2, 0) is 4.79 Å². The van der Waals surface area contributed by atoms with Crippen LogP contribution >= 0.6 is 0 Å². The molecule has 0 aromatic carbocycles. The lowest BCUT2D eigenvalue weighted by Crippen LogP contribution is -2.43. The summed E-state index contributed by atoms with van der Waals surface area (Å²) >= 11 is 0. The molecule has 1 aromatic rings. The van der Waals surface area contributed by atoms with Crippen LogP contribution < -0.4 is 5.32 Å². The van der Waals surface area contributed by atoms with Crippen LogP contribution in [-0.4, -0.2) is 46.2 Å². The van der Waals surface area contributed by atoms with Crippen LogP contribution in [0.4, 0.5) is 4.79 Å². The van der Waals surface area contributed by atoms with Crippen LogP contribution in [0, 0.1) is 0 Å². The number of carboxylic acids is 1. The fourth-order valence-electron chi connectivity index (χ4n) is 2.74. The fourth-order valence-corrected chi connectivity index (χ4v) is 2.74. The van der Waals surface area contributed by atoms with E-state index in [9.17, 15) is 14.7 Å². The van der Waals surface area contributed by atoms with Crippen molar-refractivity contribution >= 4 is 12.0 Å². The molecule has 2 amide bonds. The number of carboxylic acid groups (broad SMARTS) is 1. The van der Waals surface area contributed by atoms with E-state index < -0.39 is 12.1 Å². The number of aliphatic hydroxyl groups excluding tert-OH is 1. The monoisotopic (exact) mass is 310 g/mol. The lowest BCUT2D eigenvalue weighted by atomic mass is 10.1. The molecule has 3 N–H and O–H groups in total. The first-order valence-electron chi connectivity index (χ1n) is 7.55. The second kappa shape index (κ2) is 7.84. The first kappa shape index (κ1) is 16.4. The highest BCUT2D eigenvalue weighted by Gasteiger charge is 2.31. The van der Waals surface area contributed by atoms with E-state index in [1.165, 1.54) is 6.26 Å². The number of rotatable bonds is 7. The van der Waals surface area contributed by atoms with Gasteiger partial charge in [0.05, 0.1) is 6.26 Å². The van der Waals surface area contributed by atoms with Crippen molar-refractivity contribution in [3.05, 3.63) is 24.2 Å². The number of urea groups is 1. The summed E-state index contributed by atoms with van der Waals surface area (Å²) in [5, 5.41) is 21.4. The number of hydrogen-bond acceptors (Lipinski definition) is 4. The van der Waals surface area contributed by atoms with Crippen molar-refractivity contribution in [2.24, 2.45) is 0 Å². The van der Waals surface area contributed by atoms with Crippen molar-refractivity contribution in [1.82, 2.24) is 10.2 Å². The number of amides is 2. The quantitative estimate of drug-likeness (QED) is 0.666. The van der Waals surface area contributed by atoms with Gasteiger partial charge in [-0.25, -0.2) is 4.79 Å². The molecule has 1 aliphatic heterocycles. The summed E-state index contributed by atoms with van der Waals surface area (Å²) in [6, 6.07) is 3.22. The summed E-state index contributed by atoms with van der Waals surface area (Å²) in [4.78, 5) is 24.3. The predicted octanol–water partition coefficient (Wildman–Crippen LogP) is 1.74. The molecule has 2 unspecified atom stereocenters. The molecular formula is C15H22N2O5. The van der Waals surface area contributed by atoms with E-state index in [1.54, 1.807) is 17.0 Å². The van der Waals surface area contributed by atoms with Crippen LogP contribution in [0.2, 0.25) is 0 Å². The van der Waals surface area contributed by atoms with Gasteiger partial charge >= 0.3 is 12.0 Å². The maximum Gasteiger partial charge on any atom is 0.317 e. The molecule has 2 atom stereocenters. The van der Waals surface area contributed by atoms with Crippen LogP contribution in [0.25, 0.3) is 0 Å². The highest BCUT2D eigenvalue weighted by Crippen LogP contribution is 2.27. The Labute approximate surface area is 128 Å². The zero-order valence-electron chi connectivity index (χ0n) is 12.4. The standard InChI is InChI=1S/C15H22N2O5/c18-12(13-5-3-9-22-13)10-11-4-2-8-17(11)15(21)16-7-1-6-14(19)20/h3,5,9,11-12,18H,1-2,4,6-8,10H2,(H,16,21)(H,19,20). The number of likely N-dealkylation sites (tertiary alicyclic amines) is 1. The molecular weight excluding hydrogens is 288 g/mol. The molecule has 1 aromatic heterocycles. The Kier molecular flexibility index (Phi) is 5.83. The minimum atomic E-state index is -0.866. The van der Waals surface area contributed by atoms with Crippen LogP contribution in [0.15, 0.2) is 22.8 Å². The van der Waals surface area contributed by atoms with Crippen molar-refractivity contribution in [3.63, 3.8) is 0 Å². The molecule has 0 bridgehead atoms. The van der Waals surface area contributed by atoms with E-state index in [4.69, 9.17) is 9.52 Å². The van der Waals surface area contributed by atoms with Gasteiger partial charge in [0.1, 0.15) is 11.9 Å². The van der Waals surface area contributed by atoms with Gasteiger partial charge in [-0.2, -0.15) is 0 Å². The number of nitrogens with zero attached hydrogens (tertiary/aromatic N) is 1. The van der Waals surface area contributed by atoms with Crippen molar-refractivity contribution < 1.29 is 24.2 Å². The number of carbonyl (C=O) groups excluding carboxylic acids is 1. The summed E-state index contributed by atoms with van der Waals surface area (Å²) in [5.74, 6) is -0.358. The average molecular weight is 310 g/mol. The molecule has 2 heterocycles. The minimum Gasteiger partial charge on any atom is -0.481 e. The molecule has 122 valence electrons. The van der Waals surface area contributed by atoms with Gasteiger partial charge in [-0.1, -0.05) is 0 Å². The van der Waals surface area contributed by atoms with Gasteiger partial charge in [0.2, 0.25) is 0 Å². The van der Waals surface area contributed by atoms with Crippen LogP contribution in [0.1, 0.15) is 44.0 Å². The van der Waals surface area contributed by atoms with Gasteiger partial charge in [0.25, 0.3) is 0 Å². The Morgan fingerprint density at radius 1 is 1.50 bits per heavy atom. The van der Waals surface area contributed by atoms with Gasteiger partial charge < -0.3 is 24.8 Å².